The van der Waals surface area contributed by atoms with Crippen molar-refractivity contribution in [1.82, 2.24) is 15.5 Å². The third-order valence-corrected chi connectivity index (χ3v) is 4.59. The van der Waals surface area contributed by atoms with E-state index in [1.54, 1.807) is 24.5 Å². The zero-order chi connectivity index (χ0) is 18.3. The van der Waals surface area contributed by atoms with Crippen LogP contribution < -0.4 is 5.32 Å². The number of hydrogen-bond donors (Lipinski definition) is 2. The highest BCUT2D eigenvalue weighted by Crippen LogP contribution is 2.26. The summed E-state index contributed by atoms with van der Waals surface area (Å²) >= 11 is 0. The highest BCUT2D eigenvalue weighted by atomic mass is 16.5. The molecule has 0 aliphatic rings. The summed E-state index contributed by atoms with van der Waals surface area (Å²) in [4.78, 5) is 15.8. The maximum absolute atomic E-state index is 12.4. The third kappa shape index (κ3) is 2.79. The summed E-state index contributed by atoms with van der Waals surface area (Å²) in [7, 11) is 0. The summed E-state index contributed by atoms with van der Waals surface area (Å²) in [5, 5.41) is 7.93. The average Bonchev–Trinajstić information content (AvgIpc) is 3.35. The average molecular weight is 349 g/mol. The molecule has 0 fully saturated rings. The molecule has 0 saturated heterocycles. The second-order valence-electron chi connectivity index (χ2n) is 6.46. The lowest BCUT2D eigenvalue weighted by Gasteiger charge is -2.07. The molecule has 2 N–H and O–H groups in total. The minimum atomic E-state index is -0.291. The van der Waals surface area contributed by atoms with Gasteiger partial charge in [-0.15, -0.1) is 0 Å². The number of amides is 1. The number of aromatic amines is 1. The van der Waals surface area contributed by atoms with Crippen molar-refractivity contribution in [3.8, 4) is 11.5 Å². The van der Waals surface area contributed by atoms with Crippen LogP contribution in [0.1, 0.15) is 32.9 Å². The fraction of sp³-hybridized carbons (Fsp3) is 0.200. The first kappa shape index (κ1) is 16.2. The zero-order valence-electron chi connectivity index (χ0n) is 14.8. The van der Waals surface area contributed by atoms with Gasteiger partial charge in [-0.05, 0) is 50.1 Å². The number of carbonyl (C=O) groups is 1. The molecule has 0 radical (unpaired) electrons. The van der Waals surface area contributed by atoms with Gasteiger partial charge in [0.2, 0.25) is 5.76 Å². The van der Waals surface area contributed by atoms with Gasteiger partial charge >= 0.3 is 0 Å². The first-order valence-electron chi connectivity index (χ1n) is 8.40. The molecule has 3 heterocycles. The van der Waals surface area contributed by atoms with E-state index in [1.165, 1.54) is 10.9 Å². The molecular weight excluding hydrogens is 330 g/mol. The van der Waals surface area contributed by atoms with Crippen molar-refractivity contribution in [2.24, 2.45) is 0 Å². The van der Waals surface area contributed by atoms with Gasteiger partial charge in [-0.2, -0.15) is 0 Å². The first-order chi connectivity index (χ1) is 12.5. The number of aryl methyl sites for hydroxylation is 3. The van der Waals surface area contributed by atoms with Crippen LogP contribution in [0.5, 0.6) is 0 Å². The highest BCUT2D eigenvalue weighted by molar-refractivity contribution is 5.93. The number of H-pyrrole nitrogens is 1. The lowest BCUT2D eigenvalue weighted by molar-refractivity contribution is 0.0942. The van der Waals surface area contributed by atoms with E-state index in [2.05, 4.69) is 48.4 Å². The third-order valence-electron chi connectivity index (χ3n) is 4.59. The van der Waals surface area contributed by atoms with Gasteiger partial charge in [-0.3, -0.25) is 4.79 Å². The summed E-state index contributed by atoms with van der Waals surface area (Å²) in [6.07, 6.45) is 1.54. The second-order valence-corrected chi connectivity index (χ2v) is 6.46. The molecule has 26 heavy (non-hydrogen) atoms. The summed E-state index contributed by atoms with van der Waals surface area (Å²) in [5.41, 5.74) is 5.85. The van der Waals surface area contributed by atoms with E-state index in [0.717, 1.165) is 22.3 Å². The first-order valence-corrected chi connectivity index (χ1v) is 8.40. The van der Waals surface area contributed by atoms with Crippen molar-refractivity contribution in [1.29, 1.82) is 0 Å². The van der Waals surface area contributed by atoms with Crippen molar-refractivity contribution >= 4 is 16.8 Å². The Hall–Kier alpha value is -3.28. The van der Waals surface area contributed by atoms with Crippen LogP contribution >= 0.6 is 0 Å². The number of carbonyl (C=O) groups excluding carboxylic acids is 1. The molecular formula is C20H19N3O3. The molecule has 0 saturated carbocycles. The molecule has 4 aromatic rings. The van der Waals surface area contributed by atoms with Crippen molar-refractivity contribution in [3.05, 3.63) is 64.7 Å². The summed E-state index contributed by atoms with van der Waals surface area (Å²) in [5.74, 6) is 0.671. The van der Waals surface area contributed by atoms with Gasteiger partial charge < -0.3 is 19.2 Å². The SMILES string of the molecule is Cc1cc(CNC(=O)c2cc(-c3ccco3)on2)c2[nH]c(C)c(C)c2c1. The Balaban J connectivity index is 1.55. The van der Waals surface area contributed by atoms with Crippen molar-refractivity contribution in [2.45, 2.75) is 27.3 Å². The van der Waals surface area contributed by atoms with Crippen LogP contribution in [-0.4, -0.2) is 16.0 Å². The molecule has 132 valence electrons. The summed E-state index contributed by atoms with van der Waals surface area (Å²) in [6.45, 7) is 6.61. The Morgan fingerprint density at radius 1 is 1.19 bits per heavy atom. The van der Waals surface area contributed by atoms with E-state index in [4.69, 9.17) is 8.94 Å². The molecule has 0 unspecified atom stereocenters. The normalized spacial score (nSPS) is 11.2. The predicted molar refractivity (Wildman–Crippen MR) is 97.9 cm³/mol. The van der Waals surface area contributed by atoms with Crippen LogP contribution in [0.4, 0.5) is 0 Å². The van der Waals surface area contributed by atoms with Crippen LogP contribution in [0.3, 0.4) is 0 Å². The van der Waals surface area contributed by atoms with Gasteiger partial charge in [0.05, 0.1) is 11.8 Å². The lowest BCUT2D eigenvalue weighted by Crippen LogP contribution is -2.23. The van der Waals surface area contributed by atoms with E-state index in [0.29, 0.717) is 18.1 Å². The predicted octanol–water partition coefficient (Wildman–Crippen LogP) is 4.27. The molecule has 0 bridgehead atoms. The molecule has 6 heteroatoms. The Kier molecular flexibility index (Phi) is 3.88. The van der Waals surface area contributed by atoms with Crippen molar-refractivity contribution in [2.75, 3.05) is 0 Å². The Bertz CT molecular complexity index is 1090. The smallest absolute Gasteiger partial charge is 0.273 e. The van der Waals surface area contributed by atoms with Gasteiger partial charge in [0, 0.05) is 23.7 Å². The van der Waals surface area contributed by atoms with Crippen LogP contribution in [0.15, 0.2) is 45.5 Å². The second kappa shape index (κ2) is 6.22. The van der Waals surface area contributed by atoms with E-state index in [9.17, 15) is 4.79 Å². The van der Waals surface area contributed by atoms with Gasteiger partial charge in [-0.25, -0.2) is 0 Å². The molecule has 1 amide bonds. The minimum absolute atomic E-state index is 0.221. The Labute approximate surface area is 150 Å². The maximum Gasteiger partial charge on any atom is 0.273 e. The molecule has 3 aromatic heterocycles. The number of nitrogens with one attached hydrogen (secondary N) is 2. The molecule has 6 nitrogen and oxygen atoms in total. The number of hydrogen-bond acceptors (Lipinski definition) is 4. The van der Waals surface area contributed by atoms with E-state index in [-0.39, 0.29) is 11.6 Å². The topological polar surface area (TPSA) is 84.1 Å². The number of furan rings is 1. The summed E-state index contributed by atoms with van der Waals surface area (Å²) in [6, 6.07) is 9.31. The number of fused-ring (bicyclic) bond motifs is 1. The standard InChI is InChI=1S/C20H19N3O3/c1-11-7-14(19-15(8-11)12(2)13(3)22-19)10-21-20(24)16-9-18(26-23-16)17-5-4-6-25-17/h4-9,22H,10H2,1-3H3,(H,21,24). The number of nitrogens with zero attached hydrogens (tertiary/aromatic N) is 1. The van der Waals surface area contributed by atoms with Gasteiger partial charge in [0.15, 0.2) is 11.5 Å². The minimum Gasteiger partial charge on any atom is -0.461 e. The van der Waals surface area contributed by atoms with Crippen molar-refractivity contribution < 1.29 is 13.7 Å². The fourth-order valence-electron chi connectivity index (χ4n) is 3.11. The van der Waals surface area contributed by atoms with Crippen LogP contribution in [-0.2, 0) is 6.54 Å². The number of aromatic nitrogens is 2. The summed E-state index contributed by atoms with van der Waals surface area (Å²) < 4.78 is 10.4. The van der Waals surface area contributed by atoms with Gasteiger partial charge in [0.25, 0.3) is 5.91 Å². The van der Waals surface area contributed by atoms with Crippen molar-refractivity contribution in [3.63, 3.8) is 0 Å². The van der Waals surface area contributed by atoms with E-state index in [1.807, 2.05) is 0 Å². The lowest BCUT2D eigenvalue weighted by atomic mass is 10.0. The molecule has 0 spiro atoms. The van der Waals surface area contributed by atoms with Crippen LogP contribution in [0, 0.1) is 20.8 Å². The van der Waals surface area contributed by atoms with Gasteiger partial charge in [0.1, 0.15) is 0 Å². The van der Waals surface area contributed by atoms with E-state index < -0.39 is 0 Å². The fourth-order valence-corrected chi connectivity index (χ4v) is 3.11. The molecule has 0 aliphatic carbocycles. The monoisotopic (exact) mass is 349 g/mol. The van der Waals surface area contributed by atoms with Crippen LogP contribution in [0.25, 0.3) is 22.4 Å². The highest BCUT2D eigenvalue weighted by Gasteiger charge is 2.16. The number of rotatable bonds is 4. The Morgan fingerprint density at radius 2 is 2.04 bits per heavy atom. The van der Waals surface area contributed by atoms with Gasteiger partial charge in [-0.1, -0.05) is 16.8 Å². The van der Waals surface area contributed by atoms with E-state index >= 15 is 0 Å². The molecule has 1 aromatic carbocycles. The largest absolute Gasteiger partial charge is 0.461 e. The quantitative estimate of drug-likeness (QED) is 0.576. The molecule has 0 atom stereocenters. The van der Waals surface area contributed by atoms with Crippen LogP contribution in [0.2, 0.25) is 0 Å². The molecule has 0 aliphatic heterocycles. The number of benzene rings is 1. The Morgan fingerprint density at radius 3 is 2.81 bits per heavy atom. The molecule has 4 rings (SSSR count). The zero-order valence-corrected chi connectivity index (χ0v) is 14.8. The maximum atomic E-state index is 12.4.